The lowest BCUT2D eigenvalue weighted by Gasteiger charge is -1.96. The minimum atomic E-state index is 0. The second kappa shape index (κ2) is 6.23. The van der Waals surface area contributed by atoms with Crippen LogP contribution in [0.1, 0.15) is 46.7 Å². The average Bonchev–Trinajstić information content (AvgIpc) is 2.64. The first-order valence-corrected chi connectivity index (χ1v) is 5.13. The average molecular weight is 207 g/mol. The van der Waals surface area contributed by atoms with Crippen molar-refractivity contribution in [1.82, 2.24) is 5.16 Å². The van der Waals surface area contributed by atoms with Gasteiger partial charge in [0, 0.05) is 5.39 Å². The molecule has 0 aliphatic heterocycles. The number of rotatable bonds is 1. The van der Waals surface area contributed by atoms with E-state index in [2.05, 4.69) is 19.0 Å². The molecule has 1 heterocycles. The molecule has 0 bridgehead atoms. The molecular formula is C13H21NO. The summed E-state index contributed by atoms with van der Waals surface area (Å²) in [7, 11) is 0. The summed E-state index contributed by atoms with van der Waals surface area (Å²) < 4.78 is 5.16. The van der Waals surface area contributed by atoms with Crippen LogP contribution in [0, 0.1) is 0 Å². The number of hydrogen-bond donors (Lipinski definition) is 0. The lowest BCUT2D eigenvalue weighted by molar-refractivity contribution is 0.441. The lowest BCUT2D eigenvalue weighted by Crippen LogP contribution is -1.86. The van der Waals surface area contributed by atoms with Gasteiger partial charge in [0.2, 0.25) is 0 Å². The summed E-state index contributed by atoms with van der Waals surface area (Å²) in [6, 6.07) is 7.94. The fraction of sp³-hybridized carbons (Fsp3) is 0.462. The Labute approximate surface area is 92.3 Å². The van der Waals surface area contributed by atoms with Gasteiger partial charge in [-0.3, -0.25) is 0 Å². The van der Waals surface area contributed by atoms with Gasteiger partial charge in [-0.25, -0.2) is 0 Å². The molecule has 0 amide bonds. The molecule has 0 fully saturated rings. The van der Waals surface area contributed by atoms with Crippen LogP contribution in [0.2, 0.25) is 0 Å². The quantitative estimate of drug-likeness (QED) is 0.682. The van der Waals surface area contributed by atoms with E-state index in [0.717, 1.165) is 16.7 Å². The van der Waals surface area contributed by atoms with E-state index < -0.39 is 0 Å². The molecule has 2 nitrogen and oxygen atoms in total. The van der Waals surface area contributed by atoms with Crippen molar-refractivity contribution in [3.8, 4) is 0 Å². The molecule has 15 heavy (non-hydrogen) atoms. The van der Waals surface area contributed by atoms with Crippen molar-refractivity contribution in [2.75, 3.05) is 0 Å². The van der Waals surface area contributed by atoms with Crippen LogP contribution in [0.3, 0.4) is 0 Å². The first-order valence-electron chi connectivity index (χ1n) is 5.13. The minimum absolute atomic E-state index is 0. The van der Waals surface area contributed by atoms with E-state index in [1.54, 1.807) is 0 Å². The maximum absolute atomic E-state index is 5.16. The zero-order valence-electron chi connectivity index (χ0n) is 9.24. The van der Waals surface area contributed by atoms with Gasteiger partial charge in [0.25, 0.3) is 0 Å². The van der Waals surface area contributed by atoms with Crippen LogP contribution in [0.15, 0.2) is 28.8 Å². The van der Waals surface area contributed by atoms with E-state index in [4.69, 9.17) is 4.52 Å². The summed E-state index contributed by atoms with van der Waals surface area (Å²) in [6.45, 7) is 8.23. The minimum Gasteiger partial charge on any atom is -0.356 e. The summed E-state index contributed by atoms with van der Waals surface area (Å²) >= 11 is 0. The van der Waals surface area contributed by atoms with Crippen molar-refractivity contribution in [2.24, 2.45) is 0 Å². The van der Waals surface area contributed by atoms with Crippen molar-refractivity contribution in [3.63, 3.8) is 0 Å². The fourth-order valence-electron chi connectivity index (χ4n) is 1.32. The van der Waals surface area contributed by atoms with E-state index in [-0.39, 0.29) is 7.43 Å². The Morgan fingerprint density at radius 3 is 2.33 bits per heavy atom. The Bertz CT molecular complexity index is 390. The van der Waals surface area contributed by atoms with Gasteiger partial charge in [-0.1, -0.05) is 52.4 Å². The van der Waals surface area contributed by atoms with Crippen LogP contribution in [-0.2, 0) is 0 Å². The molecule has 0 saturated carbocycles. The third-order valence-corrected chi connectivity index (χ3v) is 1.95. The van der Waals surface area contributed by atoms with Crippen molar-refractivity contribution >= 4 is 11.0 Å². The molecule has 0 spiro atoms. The highest BCUT2D eigenvalue weighted by atomic mass is 16.5. The van der Waals surface area contributed by atoms with Gasteiger partial charge in [-0.05, 0) is 18.1 Å². The third-order valence-electron chi connectivity index (χ3n) is 1.95. The molecule has 2 rings (SSSR count). The summed E-state index contributed by atoms with van der Waals surface area (Å²) in [5.41, 5.74) is 1.92. The van der Waals surface area contributed by atoms with E-state index in [1.165, 1.54) is 0 Å². The molecule has 2 heteroatoms. The first kappa shape index (κ1) is 13.7. The first-order chi connectivity index (χ1) is 6.79. The Kier molecular flexibility index (Phi) is 5.68. The Morgan fingerprint density at radius 1 is 1.13 bits per heavy atom. The van der Waals surface area contributed by atoms with E-state index in [0.29, 0.717) is 5.92 Å². The predicted octanol–water partition coefficient (Wildman–Crippen LogP) is 4.61. The van der Waals surface area contributed by atoms with Gasteiger partial charge in [-0.2, -0.15) is 0 Å². The van der Waals surface area contributed by atoms with Gasteiger partial charge in [0.05, 0.1) is 5.69 Å². The SMILES string of the molecule is C.CC.CC(C)c1noc2ccccc12. The van der Waals surface area contributed by atoms with Gasteiger partial charge in [0.1, 0.15) is 0 Å². The second-order valence-electron chi connectivity index (χ2n) is 3.22. The Balaban J connectivity index is 0.000000617. The molecule has 1 aromatic carbocycles. The largest absolute Gasteiger partial charge is 0.356 e. The normalized spacial score (nSPS) is 9.40. The monoisotopic (exact) mass is 207 g/mol. The Morgan fingerprint density at radius 2 is 1.73 bits per heavy atom. The Hall–Kier alpha value is -1.31. The molecule has 0 aliphatic rings. The van der Waals surface area contributed by atoms with E-state index in [9.17, 15) is 0 Å². The topological polar surface area (TPSA) is 26.0 Å². The smallest absolute Gasteiger partial charge is 0.167 e. The molecule has 0 N–H and O–H groups in total. The fourth-order valence-corrected chi connectivity index (χ4v) is 1.32. The number of benzene rings is 1. The van der Waals surface area contributed by atoms with Crippen LogP contribution in [0.5, 0.6) is 0 Å². The standard InChI is InChI=1S/C10H11NO.C2H6.CH4/c1-7(2)10-8-5-3-4-6-9(8)12-11-10;1-2;/h3-7H,1-2H3;1-2H3;1H4. The zero-order chi connectivity index (χ0) is 10.6. The third kappa shape index (κ3) is 2.82. The molecule has 0 unspecified atom stereocenters. The van der Waals surface area contributed by atoms with Crippen LogP contribution in [0.25, 0.3) is 11.0 Å². The summed E-state index contributed by atoms with van der Waals surface area (Å²) in [5, 5.41) is 5.15. The molecule has 0 atom stereocenters. The molecular weight excluding hydrogens is 186 g/mol. The van der Waals surface area contributed by atoms with E-state index >= 15 is 0 Å². The summed E-state index contributed by atoms with van der Waals surface area (Å²) in [5.74, 6) is 0.425. The highest BCUT2D eigenvalue weighted by molar-refractivity contribution is 5.79. The van der Waals surface area contributed by atoms with E-state index in [1.807, 2.05) is 38.1 Å². The van der Waals surface area contributed by atoms with Crippen LogP contribution < -0.4 is 0 Å². The second-order valence-corrected chi connectivity index (χ2v) is 3.22. The number of aromatic nitrogens is 1. The van der Waals surface area contributed by atoms with Crippen LogP contribution in [-0.4, -0.2) is 5.16 Å². The van der Waals surface area contributed by atoms with Gasteiger partial charge >= 0.3 is 0 Å². The molecule has 2 aromatic rings. The number of fused-ring (bicyclic) bond motifs is 1. The van der Waals surface area contributed by atoms with Crippen molar-refractivity contribution in [1.29, 1.82) is 0 Å². The van der Waals surface area contributed by atoms with Crippen molar-refractivity contribution in [2.45, 2.75) is 41.0 Å². The summed E-state index contributed by atoms with van der Waals surface area (Å²) in [6.07, 6.45) is 0. The van der Waals surface area contributed by atoms with Crippen molar-refractivity contribution < 1.29 is 4.52 Å². The number of nitrogens with zero attached hydrogens (tertiary/aromatic N) is 1. The summed E-state index contributed by atoms with van der Waals surface area (Å²) in [4.78, 5) is 0. The zero-order valence-corrected chi connectivity index (χ0v) is 9.24. The highest BCUT2D eigenvalue weighted by Gasteiger charge is 2.09. The van der Waals surface area contributed by atoms with Crippen LogP contribution in [0.4, 0.5) is 0 Å². The van der Waals surface area contributed by atoms with Crippen molar-refractivity contribution in [3.05, 3.63) is 30.0 Å². The van der Waals surface area contributed by atoms with Crippen LogP contribution >= 0.6 is 0 Å². The van der Waals surface area contributed by atoms with Gasteiger partial charge in [-0.15, -0.1) is 0 Å². The van der Waals surface area contributed by atoms with Gasteiger partial charge in [0.15, 0.2) is 5.58 Å². The number of hydrogen-bond acceptors (Lipinski definition) is 2. The molecule has 1 aromatic heterocycles. The number of para-hydroxylation sites is 1. The lowest BCUT2D eigenvalue weighted by atomic mass is 10.1. The maximum Gasteiger partial charge on any atom is 0.167 e. The molecule has 84 valence electrons. The predicted molar refractivity (Wildman–Crippen MR) is 66.2 cm³/mol. The highest BCUT2D eigenvalue weighted by Crippen LogP contribution is 2.23. The molecule has 0 saturated heterocycles. The maximum atomic E-state index is 5.16. The van der Waals surface area contributed by atoms with Gasteiger partial charge < -0.3 is 4.52 Å². The molecule has 0 radical (unpaired) electrons. The molecule has 0 aliphatic carbocycles.